The molecule has 0 unspecified atom stereocenters. The summed E-state index contributed by atoms with van der Waals surface area (Å²) in [6.45, 7) is 0.239. The van der Waals surface area contributed by atoms with Crippen LogP contribution < -0.4 is 0 Å². The van der Waals surface area contributed by atoms with Gasteiger partial charge in [0, 0.05) is 12.2 Å². The van der Waals surface area contributed by atoms with Gasteiger partial charge in [0.25, 0.3) is 12.6 Å². The Labute approximate surface area is 197 Å². The fourth-order valence-electron chi connectivity index (χ4n) is 3.08. The van der Waals surface area contributed by atoms with Gasteiger partial charge in [-0.3, -0.25) is 0 Å². The van der Waals surface area contributed by atoms with Crippen LogP contribution in [0.4, 0.5) is 0 Å². The molecule has 1 heterocycles. The van der Waals surface area contributed by atoms with Crippen molar-refractivity contribution in [3.05, 3.63) is 120 Å². The van der Waals surface area contributed by atoms with Gasteiger partial charge in [0.15, 0.2) is 0 Å². The number of esters is 2. The van der Waals surface area contributed by atoms with Crippen LogP contribution in [0.5, 0.6) is 0 Å². The maximum Gasteiger partial charge on any atom is 0.333 e. The number of benzene rings is 3. The summed E-state index contributed by atoms with van der Waals surface area (Å²) in [5, 5.41) is 1.13. The minimum Gasteiger partial charge on any atom is -0.424 e. The lowest BCUT2D eigenvalue weighted by Crippen LogP contribution is -2.31. The van der Waals surface area contributed by atoms with Gasteiger partial charge in [-0.1, -0.05) is 96.2 Å². The summed E-state index contributed by atoms with van der Waals surface area (Å²) in [7, 11) is 0. The van der Waals surface area contributed by atoms with E-state index in [1.165, 1.54) is 12.2 Å². The van der Waals surface area contributed by atoms with Gasteiger partial charge in [-0.05, 0) is 28.8 Å². The van der Waals surface area contributed by atoms with Crippen LogP contribution in [0.25, 0.3) is 12.2 Å². The van der Waals surface area contributed by atoms with Gasteiger partial charge in [0.1, 0.15) is 0 Å². The first-order valence-corrected chi connectivity index (χ1v) is 10.7. The van der Waals surface area contributed by atoms with E-state index in [0.717, 1.165) is 21.9 Å². The largest absolute Gasteiger partial charge is 0.424 e. The van der Waals surface area contributed by atoms with Crippen molar-refractivity contribution >= 4 is 24.1 Å². The molecule has 0 spiro atoms. The Balaban J connectivity index is 1.41. The van der Waals surface area contributed by atoms with Crippen LogP contribution in [-0.2, 0) is 35.3 Å². The highest BCUT2D eigenvalue weighted by molar-refractivity contribution is 5.88. The Kier molecular flexibility index (Phi) is 7.97. The molecule has 34 heavy (non-hydrogen) atoms. The topological polar surface area (TPSA) is 74.3 Å². The highest BCUT2D eigenvalue weighted by Gasteiger charge is 2.41. The molecule has 0 amide bonds. The molecule has 1 aliphatic heterocycles. The van der Waals surface area contributed by atoms with Gasteiger partial charge in [-0.2, -0.15) is 0 Å². The fourth-order valence-corrected chi connectivity index (χ4v) is 3.08. The van der Waals surface area contributed by atoms with Crippen molar-refractivity contribution in [2.45, 2.75) is 19.1 Å². The Morgan fingerprint density at radius 1 is 0.676 bits per heavy atom. The minimum absolute atomic E-state index is 0.239. The molecular weight excluding hydrogens is 434 g/mol. The van der Waals surface area contributed by atoms with E-state index in [-0.39, 0.29) is 6.54 Å². The number of carbonyl (C=O) groups excluding carboxylic acids is 2. The summed E-state index contributed by atoms with van der Waals surface area (Å²) >= 11 is 0. The van der Waals surface area contributed by atoms with Crippen LogP contribution in [0.1, 0.15) is 16.7 Å². The molecule has 1 aliphatic rings. The standard InChI is InChI=1S/C27H23NO6/c29-24(18-16-21-10-4-1-5-11-21)31-26-27(32-25(30)19-17-22-12-6-2-7-13-22)34-28(33-26)20-23-14-8-3-9-15-23/h1-19,26-27H,20H2/b18-16+,19-17+/t26-,27+. The third-order valence-corrected chi connectivity index (χ3v) is 4.71. The van der Waals surface area contributed by atoms with Crippen LogP contribution in [0.2, 0.25) is 0 Å². The molecule has 7 heteroatoms. The first-order valence-electron chi connectivity index (χ1n) is 10.7. The molecule has 3 aromatic carbocycles. The molecule has 1 saturated heterocycles. The first-order chi connectivity index (χ1) is 16.7. The number of carbonyl (C=O) groups is 2. The van der Waals surface area contributed by atoms with Gasteiger partial charge in [0.05, 0.1) is 6.54 Å². The van der Waals surface area contributed by atoms with Crippen LogP contribution >= 0.6 is 0 Å². The van der Waals surface area contributed by atoms with Gasteiger partial charge in [0.2, 0.25) is 0 Å². The van der Waals surface area contributed by atoms with Crippen molar-refractivity contribution in [2.75, 3.05) is 0 Å². The Morgan fingerprint density at radius 2 is 1.09 bits per heavy atom. The van der Waals surface area contributed by atoms with Gasteiger partial charge >= 0.3 is 11.9 Å². The van der Waals surface area contributed by atoms with Crippen molar-refractivity contribution in [1.82, 2.24) is 5.23 Å². The molecule has 4 rings (SSSR count). The SMILES string of the molecule is O=C(/C=C/c1ccccc1)O[C@@H]1ON(Cc2ccccc2)O[C@@H]1OC(=O)/C=C/c1ccccc1. The third kappa shape index (κ3) is 6.98. The predicted molar refractivity (Wildman–Crippen MR) is 125 cm³/mol. The normalized spacial score (nSPS) is 18.4. The predicted octanol–water partition coefficient (Wildman–Crippen LogP) is 4.53. The molecule has 0 aliphatic carbocycles. The van der Waals surface area contributed by atoms with Gasteiger partial charge in [-0.15, -0.1) is 0 Å². The zero-order chi connectivity index (χ0) is 23.6. The number of hydrogen-bond donors (Lipinski definition) is 0. The summed E-state index contributed by atoms with van der Waals surface area (Å²) in [6.07, 6.45) is 3.23. The van der Waals surface area contributed by atoms with Crippen LogP contribution in [0.3, 0.4) is 0 Å². The van der Waals surface area contributed by atoms with E-state index in [1.54, 1.807) is 12.2 Å². The molecular formula is C27H23NO6. The quantitative estimate of drug-likeness (QED) is 0.363. The average Bonchev–Trinajstić information content (AvgIpc) is 3.23. The van der Waals surface area contributed by atoms with Crippen LogP contribution in [-0.4, -0.2) is 29.7 Å². The highest BCUT2D eigenvalue weighted by atomic mass is 17.1. The van der Waals surface area contributed by atoms with E-state index in [1.807, 2.05) is 91.0 Å². The Morgan fingerprint density at radius 3 is 1.53 bits per heavy atom. The van der Waals surface area contributed by atoms with E-state index in [9.17, 15) is 9.59 Å². The molecule has 7 nitrogen and oxygen atoms in total. The monoisotopic (exact) mass is 457 g/mol. The number of rotatable bonds is 8. The summed E-state index contributed by atoms with van der Waals surface area (Å²) in [6, 6.07) is 28.0. The Bertz CT molecular complexity index is 1060. The fraction of sp³-hybridized carbons (Fsp3) is 0.111. The number of ether oxygens (including phenoxy) is 2. The molecule has 2 atom stereocenters. The molecule has 0 saturated carbocycles. The first kappa shape index (κ1) is 23.1. The maximum absolute atomic E-state index is 12.4. The smallest absolute Gasteiger partial charge is 0.333 e. The maximum atomic E-state index is 12.4. The molecule has 0 aromatic heterocycles. The number of hydrogen-bond acceptors (Lipinski definition) is 7. The summed E-state index contributed by atoms with van der Waals surface area (Å²) < 4.78 is 10.7. The van der Waals surface area contributed by atoms with E-state index in [0.29, 0.717) is 0 Å². The van der Waals surface area contributed by atoms with Crippen molar-refractivity contribution in [3.8, 4) is 0 Å². The summed E-state index contributed by atoms with van der Waals surface area (Å²) in [5.41, 5.74) is 2.57. The zero-order valence-corrected chi connectivity index (χ0v) is 18.2. The summed E-state index contributed by atoms with van der Waals surface area (Å²) in [5.74, 6) is -1.33. The van der Waals surface area contributed by atoms with Crippen molar-refractivity contribution in [1.29, 1.82) is 0 Å². The van der Waals surface area contributed by atoms with Crippen LogP contribution in [0, 0.1) is 0 Å². The van der Waals surface area contributed by atoms with Crippen molar-refractivity contribution in [3.63, 3.8) is 0 Å². The second-order valence-electron chi connectivity index (χ2n) is 7.29. The van der Waals surface area contributed by atoms with E-state index in [2.05, 4.69) is 0 Å². The molecule has 1 fully saturated rings. The van der Waals surface area contributed by atoms with Crippen molar-refractivity contribution in [2.24, 2.45) is 0 Å². The van der Waals surface area contributed by atoms with Crippen molar-refractivity contribution < 1.29 is 28.7 Å². The van der Waals surface area contributed by atoms with E-state index < -0.39 is 24.5 Å². The van der Waals surface area contributed by atoms with Gasteiger partial charge in [-0.25, -0.2) is 19.3 Å². The zero-order valence-electron chi connectivity index (χ0n) is 18.2. The second-order valence-corrected chi connectivity index (χ2v) is 7.29. The second kappa shape index (κ2) is 11.7. The third-order valence-electron chi connectivity index (χ3n) is 4.71. The summed E-state index contributed by atoms with van der Waals surface area (Å²) in [4.78, 5) is 35.9. The molecule has 3 aromatic rings. The minimum atomic E-state index is -1.27. The van der Waals surface area contributed by atoms with Crippen LogP contribution in [0.15, 0.2) is 103 Å². The van der Waals surface area contributed by atoms with E-state index in [4.69, 9.17) is 19.1 Å². The Hall–Kier alpha value is -4.04. The number of nitrogens with zero attached hydrogens (tertiary/aromatic N) is 1. The number of hydroxylamine groups is 2. The van der Waals surface area contributed by atoms with Gasteiger partial charge < -0.3 is 9.47 Å². The average molecular weight is 457 g/mol. The lowest BCUT2D eigenvalue weighted by atomic mass is 10.2. The lowest BCUT2D eigenvalue weighted by molar-refractivity contribution is -0.343. The lowest BCUT2D eigenvalue weighted by Gasteiger charge is -2.14. The molecule has 0 bridgehead atoms. The van der Waals surface area contributed by atoms with E-state index >= 15 is 0 Å². The molecule has 172 valence electrons. The molecule has 0 radical (unpaired) electrons. The molecule has 0 N–H and O–H groups in total. The highest BCUT2D eigenvalue weighted by Crippen LogP contribution is 2.23.